The lowest BCUT2D eigenvalue weighted by molar-refractivity contribution is -0.113. The van der Waals surface area contributed by atoms with Crippen molar-refractivity contribution < 1.29 is 4.79 Å². The highest BCUT2D eigenvalue weighted by Crippen LogP contribution is 2.31. The molecular formula is C21H25ClN4OS2. The van der Waals surface area contributed by atoms with Gasteiger partial charge < -0.3 is 9.88 Å². The maximum Gasteiger partial charge on any atom is 0.234 e. The summed E-state index contributed by atoms with van der Waals surface area (Å²) in [6, 6.07) is 7.65. The summed E-state index contributed by atoms with van der Waals surface area (Å²) in [5.74, 6) is 1.52. The number of thiophene rings is 1. The van der Waals surface area contributed by atoms with Crippen LogP contribution in [0.4, 0.5) is 5.69 Å². The summed E-state index contributed by atoms with van der Waals surface area (Å²) >= 11 is 9.18. The van der Waals surface area contributed by atoms with Crippen molar-refractivity contribution in [2.24, 2.45) is 0 Å². The van der Waals surface area contributed by atoms with Gasteiger partial charge in [-0.3, -0.25) is 4.79 Å². The number of hydrogen-bond donors (Lipinski definition) is 1. The Balaban J connectivity index is 1.72. The number of nitrogens with one attached hydrogen (secondary N) is 1. The van der Waals surface area contributed by atoms with E-state index in [4.69, 9.17) is 11.6 Å². The van der Waals surface area contributed by atoms with Gasteiger partial charge in [-0.05, 0) is 43.0 Å². The number of halogens is 1. The molecule has 0 fully saturated rings. The highest BCUT2D eigenvalue weighted by Gasteiger charge is 2.17. The summed E-state index contributed by atoms with van der Waals surface area (Å²) in [4.78, 5) is 13.8. The molecule has 29 heavy (non-hydrogen) atoms. The largest absolute Gasteiger partial charge is 0.325 e. The minimum Gasteiger partial charge on any atom is -0.325 e. The van der Waals surface area contributed by atoms with Gasteiger partial charge in [0.2, 0.25) is 5.91 Å². The molecule has 1 N–H and O–H groups in total. The van der Waals surface area contributed by atoms with E-state index in [1.54, 1.807) is 17.4 Å². The maximum atomic E-state index is 12.4. The number of hydrogen-bond acceptors (Lipinski definition) is 5. The number of aryl methyl sites for hydroxylation is 1. The zero-order valence-corrected chi connectivity index (χ0v) is 19.4. The lowest BCUT2D eigenvalue weighted by Gasteiger charge is -2.10. The quantitative estimate of drug-likeness (QED) is 0.415. The fourth-order valence-electron chi connectivity index (χ4n) is 2.85. The van der Waals surface area contributed by atoms with Crippen LogP contribution in [0.25, 0.3) is 11.4 Å². The van der Waals surface area contributed by atoms with Gasteiger partial charge in [0, 0.05) is 33.1 Å². The minimum absolute atomic E-state index is 0.0920. The number of benzene rings is 1. The number of nitrogens with zero attached hydrogens (tertiary/aromatic N) is 3. The monoisotopic (exact) mass is 448 g/mol. The number of amides is 1. The number of thioether (sulfide) groups is 1. The summed E-state index contributed by atoms with van der Waals surface area (Å²) in [6.45, 7) is 9.25. The van der Waals surface area contributed by atoms with Crippen molar-refractivity contribution in [3.05, 3.63) is 45.1 Å². The normalized spacial score (nSPS) is 11.2. The highest BCUT2D eigenvalue weighted by molar-refractivity contribution is 7.99. The number of carbonyl (C=O) groups excluding carboxylic acids is 1. The van der Waals surface area contributed by atoms with E-state index >= 15 is 0 Å². The van der Waals surface area contributed by atoms with E-state index in [0.29, 0.717) is 10.9 Å². The van der Waals surface area contributed by atoms with Gasteiger partial charge in [0.1, 0.15) is 0 Å². The van der Waals surface area contributed by atoms with Crippen LogP contribution in [0.2, 0.25) is 5.02 Å². The van der Waals surface area contributed by atoms with Gasteiger partial charge in [0.25, 0.3) is 0 Å². The van der Waals surface area contributed by atoms with E-state index in [1.807, 2.05) is 19.1 Å². The van der Waals surface area contributed by atoms with Gasteiger partial charge in [-0.25, -0.2) is 0 Å². The first-order valence-electron chi connectivity index (χ1n) is 9.59. The van der Waals surface area contributed by atoms with Gasteiger partial charge in [-0.15, -0.1) is 21.5 Å². The van der Waals surface area contributed by atoms with Crippen LogP contribution >= 0.6 is 34.7 Å². The van der Waals surface area contributed by atoms with E-state index in [-0.39, 0.29) is 11.7 Å². The molecular weight excluding hydrogens is 424 g/mol. The van der Waals surface area contributed by atoms with Gasteiger partial charge in [0.05, 0.1) is 5.75 Å². The van der Waals surface area contributed by atoms with E-state index in [0.717, 1.165) is 40.8 Å². The molecule has 0 bridgehead atoms. The Bertz CT molecular complexity index is 996. The molecule has 0 atom stereocenters. The Hall–Kier alpha value is -1.83. The smallest absolute Gasteiger partial charge is 0.234 e. The van der Waals surface area contributed by atoms with E-state index in [1.165, 1.54) is 16.6 Å². The van der Waals surface area contributed by atoms with Crippen LogP contribution in [0.5, 0.6) is 0 Å². The summed E-state index contributed by atoms with van der Waals surface area (Å²) in [5.41, 5.74) is 2.80. The zero-order valence-electron chi connectivity index (χ0n) is 17.0. The standard InChI is InChI=1S/C21H25ClN4OS2/c1-5-8-26-20(15-9-18(13(2)3)28-11-15)24-25-21(26)29-12-19(27)23-17-10-16(22)7-6-14(17)4/h6-7,9-11,13H,5,8,12H2,1-4H3,(H,23,27). The van der Waals surface area contributed by atoms with Crippen molar-refractivity contribution in [2.75, 3.05) is 11.1 Å². The van der Waals surface area contributed by atoms with Gasteiger partial charge in [-0.1, -0.05) is 50.2 Å². The summed E-state index contributed by atoms with van der Waals surface area (Å²) in [5, 5.41) is 15.2. The van der Waals surface area contributed by atoms with Crippen LogP contribution in [0.15, 0.2) is 34.8 Å². The average molecular weight is 449 g/mol. The summed E-state index contributed by atoms with van der Waals surface area (Å²) in [6.07, 6.45) is 0.966. The molecule has 0 saturated heterocycles. The summed E-state index contributed by atoms with van der Waals surface area (Å²) < 4.78 is 2.11. The van der Waals surface area contributed by atoms with Crippen molar-refractivity contribution in [1.82, 2.24) is 14.8 Å². The van der Waals surface area contributed by atoms with Crippen LogP contribution in [0, 0.1) is 6.92 Å². The third-order valence-electron chi connectivity index (χ3n) is 4.42. The SMILES string of the molecule is CCCn1c(SCC(=O)Nc2cc(Cl)ccc2C)nnc1-c1csc(C(C)C)c1. The number of anilines is 1. The number of carbonyl (C=O) groups is 1. The molecule has 3 aromatic rings. The molecule has 0 aliphatic rings. The molecule has 0 aliphatic heterocycles. The van der Waals surface area contributed by atoms with Gasteiger partial charge in [-0.2, -0.15) is 0 Å². The highest BCUT2D eigenvalue weighted by atomic mass is 35.5. The number of aromatic nitrogens is 3. The minimum atomic E-state index is -0.0920. The van der Waals surface area contributed by atoms with Crippen molar-refractivity contribution >= 4 is 46.3 Å². The number of rotatable bonds is 8. The van der Waals surface area contributed by atoms with Crippen LogP contribution in [0.3, 0.4) is 0 Å². The predicted octanol–water partition coefficient (Wildman–Crippen LogP) is 6.23. The fourth-order valence-corrected chi connectivity index (χ4v) is 4.69. The molecule has 2 heterocycles. The van der Waals surface area contributed by atoms with Crippen LogP contribution in [-0.4, -0.2) is 26.4 Å². The molecule has 3 rings (SSSR count). The van der Waals surface area contributed by atoms with Crippen molar-refractivity contribution in [1.29, 1.82) is 0 Å². The molecule has 154 valence electrons. The first-order valence-corrected chi connectivity index (χ1v) is 11.8. The predicted molar refractivity (Wildman–Crippen MR) is 123 cm³/mol. The zero-order chi connectivity index (χ0) is 21.0. The second-order valence-electron chi connectivity index (χ2n) is 7.15. The molecule has 0 saturated carbocycles. The molecule has 8 heteroatoms. The average Bonchev–Trinajstić information content (AvgIpc) is 3.30. The topological polar surface area (TPSA) is 59.8 Å². The molecule has 0 aliphatic carbocycles. The Kier molecular flexibility index (Phi) is 7.38. The molecule has 5 nitrogen and oxygen atoms in total. The van der Waals surface area contributed by atoms with E-state index in [2.05, 4.69) is 52.3 Å². The first-order chi connectivity index (χ1) is 13.9. The lowest BCUT2D eigenvalue weighted by atomic mass is 10.1. The Morgan fingerprint density at radius 1 is 1.31 bits per heavy atom. The van der Waals surface area contributed by atoms with Crippen LogP contribution in [0.1, 0.15) is 43.6 Å². The fraction of sp³-hybridized carbons (Fsp3) is 0.381. The molecule has 0 unspecified atom stereocenters. The van der Waals surface area contributed by atoms with E-state index in [9.17, 15) is 4.79 Å². The Morgan fingerprint density at radius 2 is 2.10 bits per heavy atom. The molecule has 0 spiro atoms. The van der Waals surface area contributed by atoms with Crippen LogP contribution in [-0.2, 0) is 11.3 Å². The molecule has 1 amide bonds. The van der Waals surface area contributed by atoms with Gasteiger partial charge in [0.15, 0.2) is 11.0 Å². The Labute approximate surface area is 184 Å². The summed E-state index contributed by atoms with van der Waals surface area (Å²) in [7, 11) is 0. The first kappa shape index (κ1) is 21.9. The van der Waals surface area contributed by atoms with Crippen molar-refractivity contribution in [3.8, 4) is 11.4 Å². The third-order valence-corrected chi connectivity index (χ3v) is 6.85. The van der Waals surface area contributed by atoms with Crippen molar-refractivity contribution in [3.63, 3.8) is 0 Å². The van der Waals surface area contributed by atoms with Gasteiger partial charge >= 0.3 is 0 Å². The van der Waals surface area contributed by atoms with E-state index < -0.39 is 0 Å². The van der Waals surface area contributed by atoms with Crippen molar-refractivity contribution in [2.45, 2.75) is 51.7 Å². The molecule has 2 aromatic heterocycles. The lowest BCUT2D eigenvalue weighted by Crippen LogP contribution is -2.15. The second kappa shape index (κ2) is 9.78. The molecule has 0 radical (unpaired) electrons. The van der Waals surface area contributed by atoms with Crippen LogP contribution < -0.4 is 5.32 Å². The Morgan fingerprint density at radius 3 is 2.79 bits per heavy atom. The second-order valence-corrected chi connectivity index (χ2v) is 9.47. The molecule has 1 aromatic carbocycles. The maximum absolute atomic E-state index is 12.4. The third kappa shape index (κ3) is 5.41.